The first-order valence-corrected chi connectivity index (χ1v) is 5.25. The average Bonchev–Trinajstić information content (AvgIpc) is 2.38. The monoisotopic (exact) mass is 232 g/mol. The van der Waals surface area contributed by atoms with Crippen molar-refractivity contribution in [3.8, 4) is 0 Å². The molecule has 0 radical (unpaired) electrons. The van der Waals surface area contributed by atoms with Crippen molar-refractivity contribution in [3.63, 3.8) is 0 Å². The van der Waals surface area contributed by atoms with Crippen molar-refractivity contribution in [2.24, 2.45) is 5.84 Å². The van der Waals surface area contributed by atoms with Gasteiger partial charge in [0.25, 0.3) is 0 Å². The Morgan fingerprint density at radius 3 is 2.53 bits per heavy atom. The van der Waals surface area contributed by atoms with Crippen LogP contribution >= 0.6 is 0 Å². The van der Waals surface area contributed by atoms with Crippen molar-refractivity contribution in [1.29, 1.82) is 0 Å². The Morgan fingerprint density at radius 2 is 1.88 bits per heavy atom. The second-order valence-corrected chi connectivity index (χ2v) is 3.68. The zero-order valence-electron chi connectivity index (χ0n) is 9.18. The van der Waals surface area contributed by atoms with Crippen LogP contribution in [-0.2, 0) is 6.42 Å². The van der Waals surface area contributed by atoms with E-state index in [1.807, 2.05) is 12.1 Å². The van der Waals surface area contributed by atoms with Crippen molar-refractivity contribution in [2.45, 2.75) is 12.5 Å². The molecule has 1 unspecified atom stereocenters. The van der Waals surface area contributed by atoms with Crippen molar-refractivity contribution in [1.82, 2.24) is 15.4 Å². The van der Waals surface area contributed by atoms with Gasteiger partial charge < -0.3 is 0 Å². The van der Waals surface area contributed by atoms with E-state index in [-0.39, 0.29) is 11.9 Å². The van der Waals surface area contributed by atoms with Crippen LogP contribution in [0, 0.1) is 5.82 Å². The van der Waals surface area contributed by atoms with Crippen LogP contribution in [0.4, 0.5) is 4.39 Å². The summed E-state index contributed by atoms with van der Waals surface area (Å²) in [5.74, 6) is 5.11. The molecule has 0 aliphatic heterocycles. The van der Waals surface area contributed by atoms with Crippen LogP contribution in [0.15, 0.2) is 43.0 Å². The van der Waals surface area contributed by atoms with Gasteiger partial charge in [-0.1, -0.05) is 0 Å². The molecular formula is C12H13FN4. The van der Waals surface area contributed by atoms with E-state index in [1.54, 1.807) is 24.7 Å². The number of nitrogens with two attached hydrogens (primary N) is 1. The van der Waals surface area contributed by atoms with E-state index in [9.17, 15) is 4.39 Å². The molecule has 0 fully saturated rings. The highest BCUT2D eigenvalue weighted by Crippen LogP contribution is 2.19. The van der Waals surface area contributed by atoms with Gasteiger partial charge in [0.1, 0.15) is 5.82 Å². The summed E-state index contributed by atoms with van der Waals surface area (Å²) in [7, 11) is 0. The molecule has 4 nitrogen and oxygen atoms in total. The fraction of sp³-hybridized carbons (Fsp3) is 0.167. The molecule has 88 valence electrons. The standard InChI is InChI=1S/C12H13FN4/c13-11-8-16-6-3-10(11)12(17-14)7-9-1-4-15-5-2-9/h1-6,8,12,17H,7,14H2. The molecule has 2 rings (SSSR count). The van der Waals surface area contributed by atoms with Crippen molar-refractivity contribution in [3.05, 3.63) is 59.9 Å². The molecule has 2 aromatic heterocycles. The number of halogens is 1. The maximum atomic E-state index is 13.6. The minimum atomic E-state index is -0.357. The normalized spacial score (nSPS) is 12.4. The third-order valence-electron chi connectivity index (χ3n) is 2.57. The Kier molecular flexibility index (Phi) is 3.74. The lowest BCUT2D eigenvalue weighted by Gasteiger charge is -2.16. The summed E-state index contributed by atoms with van der Waals surface area (Å²) in [5, 5.41) is 0. The molecular weight excluding hydrogens is 219 g/mol. The molecule has 17 heavy (non-hydrogen) atoms. The number of hydrogen-bond donors (Lipinski definition) is 2. The highest BCUT2D eigenvalue weighted by molar-refractivity contribution is 5.21. The quantitative estimate of drug-likeness (QED) is 0.617. The summed E-state index contributed by atoms with van der Waals surface area (Å²) < 4.78 is 13.6. The highest BCUT2D eigenvalue weighted by Gasteiger charge is 2.14. The van der Waals surface area contributed by atoms with Gasteiger partial charge in [0.2, 0.25) is 0 Å². The molecule has 5 heteroatoms. The van der Waals surface area contributed by atoms with Gasteiger partial charge in [0.05, 0.1) is 12.2 Å². The fourth-order valence-corrected chi connectivity index (χ4v) is 1.68. The van der Waals surface area contributed by atoms with Crippen LogP contribution in [0.2, 0.25) is 0 Å². The molecule has 0 aliphatic carbocycles. The largest absolute Gasteiger partial charge is 0.271 e. The van der Waals surface area contributed by atoms with Gasteiger partial charge >= 0.3 is 0 Å². The average molecular weight is 232 g/mol. The van der Waals surface area contributed by atoms with Crippen LogP contribution in [0.25, 0.3) is 0 Å². The lowest BCUT2D eigenvalue weighted by atomic mass is 10.0. The summed E-state index contributed by atoms with van der Waals surface area (Å²) in [6, 6.07) is 5.11. The van der Waals surface area contributed by atoms with Crippen molar-refractivity contribution < 1.29 is 4.39 Å². The van der Waals surface area contributed by atoms with E-state index in [0.29, 0.717) is 12.0 Å². The highest BCUT2D eigenvalue weighted by atomic mass is 19.1. The molecule has 1 atom stereocenters. The molecule has 2 aromatic rings. The number of hydrogen-bond acceptors (Lipinski definition) is 4. The molecule has 0 spiro atoms. The SMILES string of the molecule is NNC(Cc1ccncc1)c1ccncc1F. The van der Waals surface area contributed by atoms with Gasteiger partial charge in [0.15, 0.2) is 0 Å². The fourth-order valence-electron chi connectivity index (χ4n) is 1.68. The Labute approximate surface area is 98.7 Å². The summed E-state index contributed by atoms with van der Waals surface area (Å²) >= 11 is 0. The smallest absolute Gasteiger partial charge is 0.146 e. The lowest BCUT2D eigenvalue weighted by Crippen LogP contribution is -2.30. The lowest BCUT2D eigenvalue weighted by molar-refractivity contribution is 0.508. The molecule has 0 amide bonds. The summed E-state index contributed by atoms with van der Waals surface area (Å²) in [5.41, 5.74) is 4.17. The number of nitrogens with zero attached hydrogens (tertiary/aromatic N) is 2. The Hall–Kier alpha value is -1.85. The predicted molar refractivity (Wildman–Crippen MR) is 62.2 cm³/mol. The first kappa shape index (κ1) is 11.6. The first-order valence-electron chi connectivity index (χ1n) is 5.25. The topological polar surface area (TPSA) is 63.8 Å². The minimum Gasteiger partial charge on any atom is -0.271 e. The maximum Gasteiger partial charge on any atom is 0.146 e. The second-order valence-electron chi connectivity index (χ2n) is 3.68. The van der Waals surface area contributed by atoms with Gasteiger partial charge in [-0.15, -0.1) is 0 Å². The molecule has 0 saturated heterocycles. The zero-order valence-corrected chi connectivity index (χ0v) is 9.18. The summed E-state index contributed by atoms with van der Waals surface area (Å²) in [4.78, 5) is 7.65. The van der Waals surface area contributed by atoms with Gasteiger partial charge in [-0.25, -0.2) is 4.39 Å². The van der Waals surface area contributed by atoms with Gasteiger partial charge in [-0.05, 0) is 30.2 Å². The zero-order chi connectivity index (χ0) is 12.1. The van der Waals surface area contributed by atoms with Crippen LogP contribution < -0.4 is 11.3 Å². The molecule has 3 N–H and O–H groups in total. The van der Waals surface area contributed by atoms with E-state index in [2.05, 4.69) is 15.4 Å². The molecule has 0 saturated carbocycles. The van der Waals surface area contributed by atoms with E-state index in [1.165, 1.54) is 6.20 Å². The van der Waals surface area contributed by atoms with Crippen molar-refractivity contribution in [2.75, 3.05) is 0 Å². The number of nitrogens with one attached hydrogen (secondary N) is 1. The molecule has 0 aliphatic rings. The van der Waals surface area contributed by atoms with E-state index in [4.69, 9.17) is 5.84 Å². The third kappa shape index (κ3) is 2.83. The summed E-state index contributed by atoms with van der Waals surface area (Å²) in [6.45, 7) is 0. The number of pyridine rings is 2. The molecule has 0 bridgehead atoms. The van der Waals surface area contributed by atoms with Crippen molar-refractivity contribution >= 4 is 0 Å². The van der Waals surface area contributed by atoms with E-state index < -0.39 is 0 Å². The maximum absolute atomic E-state index is 13.6. The Morgan fingerprint density at radius 1 is 1.18 bits per heavy atom. The first-order chi connectivity index (χ1) is 8.31. The van der Waals surface area contributed by atoms with Crippen LogP contribution in [0.3, 0.4) is 0 Å². The second kappa shape index (κ2) is 5.47. The van der Waals surface area contributed by atoms with Gasteiger partial charge in [-0.2, -0.15) is 0 Å². The Bertz CT molecular complexity index is 475. The Balaban J connectivity index is 2.21. The summed E-state index contributed by atoms with van der Waals surface area (Å²) in [6.07, 6.45) is 6.74. The number of rotatable bonds is 4. The third-order valence-corrected chi connectivity index (χ3v) is 2.57. The van der Waals surface area contributed by atoms with E-state index in [0.717, 1.165) is 5.56 Å². The van der Waals surface area contributed by atoms with Gasteiger partial charge in [0, 0.05) is 24.2 Å². The molecule has 0 aromatic carbocycles. The van der Waals surface area contributed by atoms with E-state index >= 15 is 0 Å². The van der Waals surface area contributed by atoms with Crippen LogP contribution in [-0.4, -0.2) is 9.97 Å². The van der Waals surface area contributed by atoms with Crippen LogP contribution in [0.1, 0.15) is 17.2 Å². The predicted octanol–water partition coefficient (Wildman–Crippen LogP) is 1.36. The van der Waals surface area contributed by atoms with Crippen LogP contribution in [0.5, 0.6) is 0 Å². The van der Waals surface area contributed by atoms with Gasteiger partial charge in [-0.3, -0.25) is 21.2 Å². The molecule has 2 heterocycles. The minimum absolute atomic E-state index is 0.277. The number of aromatic nitrogens is 2. The number of hydrazine groups is 1.